The average molecular weight is 555 g/mol. The molecule has 7 heteroatoms. The van der Waals surface area contributed by atoms with Gasteiger partial charge in [-0.15, -0.1) is 0 Å². The van der Waals surface area contributed by atoms with Gasteiger partial charge in [-0.25, -0.2) is 0 Å². The summed E-state index contributed by atoms with van der Waals surface area (Å²) in [6, 6.07) is 11.1. The highest BCUT2D eigenvalue weighted by Gasteiger charge is 2.15. The van der Waals surface area contributed by atoms with Gasteiger partial charge in [-0.1, -0.05) is 28.6 Å². The van der Waals surface area contributed by atoms with Crippen molar-refractivity contribution in [3.05, 3.63) is 73.1 Å². The van der Waals surface area contributed by atoms with Crippen LogP contribution in [0.2, 0.25) is 0 Å². The molecule has 0 unspecified atom stereocenters. The van der Waals surface area contributed by atoms with E-state index in [1.165, 1.54) is 6.08 Å². The third kappa shape index (κ3) is 5.80. The van der Waals surface area contributed by atoms with Gasteiger partial charge in [0.05, 0.1) is 5.69 Å². The Bertz CT molecular complexity index is 939. The fraction of sp³-hybridized carbons (Fsp3) is 0.100. The van der Waals surface area contributed by atoms with Gasteiger partial charge in [0.25, 0.3) is 5.91 Å². The topological polar surface area (TPSA) is 62.1 Å². The maximum atomic E-state index is 12.6. The lowest BCUT2D eigenvalue weighted by Crippen LogP contribution is -2.14. The van der Waals surface area contributed by atoms with E-state index in [1.807, 2.05) is 31.2 Å². The molecule has 2 aromatic rings. The standard InChI is InChI=1S/C20H15Br3N2O2/c1-3-6-27-18-5-4-15(21)10-13(18)9-14(11-24)20(26)25-19-16(22)7-12(2)8-17(19)23/h3-5,7-10H,1,6H2,2H3,(H,25,26)/b14-9+. The van der Waals surface area contributed by atoms with E-state index >= 15 is 0 Å². The Morgan fingerprint density at radius 2 is 1.93 bits per heavy atom. The first-order valence-electron chi connectivity index (χ1n) is 7.77. The summed E-state index contributed by atoms with van der Waals surface area (Å²) in [5, 5.41) is 12.2. The number of halogens is 3. The second-order valence-electron chi connectivity index (χ2n) is 5.51. The van der Waals surface area contributed by atoms with Gasteiger partial charge in [0, 0.05) is 19.0 Å². The normalized spacial score (nSPS) is 10.9. The number of hydrogen-bond acceptors (Lipinski definition) is 3. The van der Waals surface area contributed by atoms with Gasteiger partial charge in [0.15, 0.2) is 0 Å². The van der Waals surface area contributed by atoms with Crippen molar-refractivity contribution < 1.29 is 9.53 Å². The molecular weight excluding hydrogens is 540 g/mol. The summed E-state index contributed by atoms with van der Waals surface area (Å²) >= 11 is 10.3. The fourth-order valence-corrected chi connectivity index (χ4v) is 4.21. The molecule has 1 N–H and O–H groups in total. The smallest absolute Gasteiger partial charge is 0.266 e. The SMILES string of the molecule is C=CCOc1ccc(Br)cc1/C=C(\C#N)C(=O)Nc1c(Br)cc(C)cc1Br. The van der Waals surface area contributed by atoms with Gasteiger partial charge >= 0.3 is 0 Å². The van der Waals surface area contributed by atoms with Crippen molar-refractivity contribution >= 4 is 65.5 Å². The number of benzene rings is 2. The first-order chi connectivity index (χ1) is 12.8. The van der Waals surface area contributed by atoms with Crippen molar-refractivity contribution in [2.75, 3.05) is 11.9 Å². The van der Waals surface area contributed by atoms with Crippen LogP contribution in [0.5, 0.6) is 5.75 Å². The second kappa shape index (κ2) is 9.88. The number of carbonyl (C=O) groups excluding carboxylic acids is 1. The molecule has 138 valence electrons. The number of aryl methyl sites for hydroxylation is 1. The summed E-state index contributed by atoms with van der Waals surface area (Å²) in [5.74, 6) is 0.0359. The first-order valence-corrected chi connectivity index (χ1v) is 10.2. The molecule has 1 amide bonds. The summed E-state index contributed by atoms with van der Waals surface area (Å²) in [7, 11) is 0. The quantitative estimate of drug-likeness (QED) is 0.255. The maximum Gasteiger partial charge on any atom is 0.266 e. The van der Waals surface area contributed by atoms with E-state index in [2.05, 4.69) is 59.7 Å². The molecular formula is C20H15Br3N2O2. The van der Waals surface area contributed by atoms with E-state index < -0.39 is 5.91 Å². The van der Waals surface area contributed by atoms with Crippen LogP contribution in [0, 0.1) is 18.3 Å². The number of hydrogen-bond donors (Lipinski definition) is 1. The number of nitrogens with one attached hydrogen (secondary N) is 1. The third-order valence-electron chi connectivity index (χ3n) is 3.42. The van der Waals surface area contributed by atoms with Gasteiger partial charge in [-0.05, 0) is 80.8 Å². The van der Waals surface area contributed by atoms with Gasteiger partial charge < -0.3 is 10.1 Å². The molecule has 0 fully saturated rings. The number of nitrogens with zero attached hydrogens (tertiary/aromatic N) is 1. The van der Waals surface area contributed by atoms with E-state index in [-0.39, 0.29) is 5.57 Å². The van der Waals surface area contributed by atoms with Crippen molar-refractivity contribution in [3.63, 3.8) is 0 Å². The van der Waals surface area contributed by atoms with Gasteiger partial charge in [0.1, 0.15) is 24.0 Å². The number of ether oxygens (including phenoxy) is 1. The minimum absolute atomic E-state index is 0.0454. The van der Waals surface area contributed by atoms with Crippen molar-refractivity contribution in [1.82, 2.24) is 0 Å². The molecule has 4 nitrogen and oxygen atoms in total. The summed E-state index contributed by atoms with van der Waals surface area (Å²) < 4.78 is 7.84. The summed E-state index contributed by atoms with van der Waals surface area (Å²) in [5.41, 5.74) is 2.15. The largest absolute Gasteiger partial charge is 0.489 e. The highest BCUT2D eigenvalue weighted by atomic mass is 79.9. The van der Waals surface area contributed by atoms with Crippen molar-refractivity contribution in [2.45, 2.75) is 6.92 Å². The van der Waals surface area contributed by atoms with Crippen LogP contribution in [0.4, 0.5) is 5.69 Å². The Balaban J connectivity index is 2.37. The monoisotopic (exact) mass is 552 g/mol. The molecule has 0 aliphatic heterocycles. The predicted octanol–water partition coefficient (Wildman–Crippen LogP) is 6.39. The van der Waals surface area contributed by atoms with E-state index in [0.29, 0.717) is 23.6 Å². The Morgan fingerprint density at radius 1 is 1.26 bits per heavy atom. The number of carbonyl (C=O) groups is 1. The van der Waals surface area contributed by atoms with Crippen LogP contribution in [0.3, 0.4) is 0 Å². The highest BCUT2D eigenvalue weighted by Crippen LogP contribution is 2.33. The molecule has 0 aliphatic rings. The zero-order chi connectivity index (χ0) is 20.0. The summed E-state index contributed by atoms with van der Waals surface area (Å²) in [6.45, 7) is 5.89. The van der Waals surface area contributed by atoms with Crippen LogP contribution in [0.15, 0.2) is 62.0 Å². The third-order valence-corrected chi connectivity index (χ3v) is 5.16. The average Bonchev–Trinajstić information content (AvgIpc) is 2.61. The molecule has 0 spiro atoms. The minimum Gasteiger partial charge on any atom is -0.489 e. The molecule has 0 aromatic heterocycles. The number of rotatable bonds is 6. The van der Waals surface area contributed by atoms with Crippen LogP contribution < -0.4 is 10.1 Å². The fourth-order valence-electron chi connectivity index (χ4n) is 2.22. The van der Waals surface area contributed by atoms with Gasteiger partial charge in [0.2, 0.25) is 0 Å². The van der Waals surface area contributed by atoms with Crippen LogP contribution >= 0.6 is 47.8 Å². The van der Waals surface area contributed by atoms with Gasteiger partial charge in [-0.3, -0.25) is 4.79 Å². The van der Waals surface area contributed by atoms with Crippen molar-refractivity contribution in [2.24, 2.45) is 0 Å². The number of amides is 1. The van der Waals surface area contributed by atoms with E-state index in [4.69, 9.17) is 4.74 Å². The van der Waals surface area contributed by atoms with Crippen LogP contribution in [0.1, 0.15) is 11.1 Å². The van der Waals surface area contributed by atoms with Crippen molar-refractivity contribution in [3.8, 4) is 11.8 Å². The minimum atomic E-state index is -0.516. The molecule has 2 rings (SSSR count). The Kier molecular flexibility index (Phi) is 7.84. The molecule has 2 aromatic carbocycles. The van der Waals surface area contributed by atoms with E-state index in [9.17, 15) is 10.1 Å². The first kappa shape index (κ1) is 21.4. The molecule has 0 radical (unpaired) electrons. The zero-order valence-corrected chi connectivity index (χ0v) is 19.1. The Labute approximate surface area is 183 Å². The van der Waals surface area contributed by atoms with Crippen molar-refractivity contribution in [1.29, 1.82) is 5.26 Å². The molecule has 0 saturated heterocycles. The Morgan fingerprint density at radius 3 is 2.52 bits per heavy atom. The molecule has 0 saturated carbocycles. The zero-order valence-electron chi connectivity index (χ0n) is 14.4. The molecule has 0 bridgehead atoms. The molecule has 27 heavy (non-hydrogen) atoms. The lowest BCUT2D eigenvalue weighted by atomic mass is 10.1. The summed E-state index contributed by atoms with van der Waals surface area (Å²) in [4.78, 5) is 12.6. The lowest BCUT2D eigenvalue weighted by molar-refractivity contribution is -0.112. The lowest BCUT2D eigenvalue weighted by Gasteiger charge is -2.11. The number of anilines is 1. The maximum absolute atomic E-state index is 12.6. The van der Waals surface area contributed by atoms with E-state index in [1.54, 1.807) is 18.2 Å². The predicted molar refractivity (Wildman–Crippen MR) is 119 cm³/mol. The van der Waals surface area contributed by atoms with Gasteiger partial charge in [-0.2, -0.15) is 5.26 Å². The van der Waals surface area contributed by atoms with E-state index in [0.717, 1.165) is 19.0 Å². The second-order valence-corrected chi connectivity index (χ2v) is 8.13. The van der Waals surface area contributed by atoms with Crippen LogP contribution in [-0.4, -0.2) is 12.5 Å². The summed E-state index contributed by atoms with van der Waals surface area (Å²) in [6.07, 6.45) is 3.12. The number of nitriles is 1. The molecule has 0 aliphatic carbocycles. The molecule has 0 heterocycles. The van der Waals surface area contributed by atoms with Crippen LogP contribution in [-0.2, 0) is 4.79 Å². The molecule has 0 atom stereocenters. The van der Waals surface area contributed by atoms with Crippen LogP contribution in [0.25, 0.3) is 6.08 Å². The Hall–Kier alpha value is -1.88. The highest BCUT2D eigenvalue weighted by molar-refractivity contribution is 9.11.